The summed E-state index contributed by atoms with van der Waals surface area (Å²) in [6.07, 6.45) is 1.11. The summed E-state index contributed by atoms with van der Waals surface area (Å²) in [6, 6.07) is 5.38. The molecule has 0 N–H and O–H groups in total. The number of nitrogens with zero attached hydrogens (tertiary/aromatic N) is 2. The summed E-state index contributed by atoms with van der Waals surface area (Å²) in [5.41, 5.74) is 0.149. The van der Waals surface area contributed by atoms with Gasteiger partial charge < -0.3 is 4.90 Å². The van der Waals surface area contributed by atoms with Crippen LogP contribution < -0.4 is 0 Å². The first-order chi connectivity index (χ1) is 9.54. The molecule has 1 amide bonds. The lowest BCUT2D eigenvalue weighted by Crippen LogP contribution is -2.51. The van der Waals surface area contributed by atoms with Gasteiger partial charge in [0.2, 0.25) is 0 Å². The first-order valence-electron chi connectivity index (χ1n) is 7.02. The van der Waals surface area contributed by atoms with E-state index in [2.05, 4.69) is 34.7 Å². The van der Waals surface area contributed by atoms with Crippen molar-refractivity contribution < 1.29 is 9.18 Å². The molecule has 5 heteroatoms. The van der Waals surface area contributed by atoms with Gasteiger partial charge in [-0.2, -0.15) is 0 Å². The van der Waals surface area contributed by atoms with Gasteiger partial charge in [0.05, 0.1) is 10.0 Å². The smallest absolute Gasteiger partial charge is 0.256 e. The highest BCUT2D eigenvalue weighted by Crippen LogP contribution is 2.20. The summed E-state index contributed by atoms with van der Waals surface area (Å²) in [5, 5.41) is 0. The topological polar surface area (TPSA) is 23.6 Å². The van der Waals surface area contributed by atoms with Crippen LogP contribution in [0.1, 0.15) is 30.6 Å². The van der Waals surface area contributed by atoms with Crippen LogP contribution in [0.4, 0.5) is 4.39 Å². The van der Waals surface area contributed by atoms with Gasteiger partial charge in [-0.1, -0.05) is 13.0 Å². The van der Waals surface area contributed by atoms with Gasteiger partial charge in [-0.05, 0) is 41.4 Å². The van der Waals surface area contributed by atoms with Crippen molar-refractivity contribution in [1.82, 2.24) is 9.80 Å². The Morgan fingerprint density at radius 2 is 2.00 bits per heavy atom. The zero-order valence-electron chi connectivity index (χ0n) is 11.9. The summed E-state index contributed by atoms with van der Waals surface area (Å²) in [4.78, 5) is 16.5. The molecule has 0 saturated carbocycles. The molecule has 0 aromatic heterocycles. The van der Waals surface area contributed by atoms with Gasteiger partial charge in [0.15, 0.2) is 0 Å². The molecule has 2 rings (SSSR count). The zero-order valence-corrected chi connectivity index (χ0v) is 13.5. The van der Waals surface area contributed by atoms with Gasteiger partial charge in [0.1, 0.15) is 5.82 Å². The van der Waals surface area contributed by atoms with E-state index in [-0.39, 0.29) is 11.5 Å². The Labute approximate surface area is 127 Å². The minimum atomic E-state index is -0.471. The van der Waals surface area contributed by atoms with Crippen LogP contribution in [-0.2, 0) is 0 Å². The van der Waals surface area contributed by atoms with Gasteiger partial charge in [0.25, 0.3) is 5.91 Å². The van der Waals surface area contributed by atoms with Crippen LogP contribution >= 0.6 is 15.9 Å². The van der Waals surface area contributed by atoms with Crippen molar-refractivity contribution in [3.63, 3.8) is 0 Å². The minimum absolute atomic E-state index is 0.149. The third kappa shape index (κ3) is 3.20. The lowest BCUT2D eigenvalue weighted by atomic mass is 10.1. The molecule has 0 spiro atoms. The predicted molar refractivity (Wildman–Crippen MR) is 81.3 cm³/mol. The number of hydrogen-bond donors (Lipinski definition) is 0. The summed E-state index contributed by atoms with van der Waals surface area (Å²) in [5.74, 6) is -0.686. The highest BCUT2D eigenvalue weighted by atomic mass is 79.9. The maximum atomic E-state index is 14.0. The molecule has 1 aromatic rings. The van der Waals surface area contributed by atoms with Gasteiger partial charge in [-0.3, -0.25) is 9.69 Å². The van der Waals surface area contributed by atoms with Crippen molar-refractivity contribution in [3.8, 4) is 0 Å². The molecule has 1 aromatic carbocycles. The molecule has 1 fully saturated rings. The fourth-order valence-electron chi connectivity index (χ4n) is 2.46. The van der Waals surface area contributed by atoms with Crippen molar-refractivity contribution in [2.24, 2.45) is 0 Å². The second-order valence-corrected chi connectivity index (χ2v) is 6.04. The van der Waals surface area contributed by atoms with E-state index in [1.54, 1.807) is 23.1 Å². The molecule has 1 unspecified atom stereocenters. The maximum Gasteiger partial charge on any atom is 0.256 e. The highest BCUT2D eigenvalue weighted by molar-refractivity contribution is 9.10. The van der Waals surface area contributed by atoms with Crippen molar-refractivity contribution in [2.75, 3.05) is 26.2 Å². The molecule has 0 bridgehead atoms. The number of carbonyl (C=O) groups is 1. The summed E-state index contributed by atoms with van der Waals surface area (Å²) in [6.45, 7) is 7.40. The molecule has 0 radical (unpaired) electrons. The average molecular weight is 343 g/mol. The van der Waals surface area contributed by atoms with Crippen LogP contribution in [0.5, 0.6) is 0 Å². The number of carbonyl (C=O) groups excluding carboxylic acids is 1. The first-order valence-corrected chi connectivity index (χ1v) is 7.81. The summed E-state index contributed by atoms with van der Waals surface area (Å²) in [7, 11) is 0. The maximum absolute atomic E-state index is 14.0. The second-order valence-electron chi connectivity index (χ2n) is 5.19. The van der Waals surface area contributed by atoms with Crippen molar-refractivity contribution in [3.05, 3.63) is 34.1 Å². The molecule has 1 heterocycles. The Morgan fingerprint density at radius 3 is 2.60 bits per heavy atom. The molecular weight excluding hydrogens is 323 g/mol. The summed E-state index contributed by atoms with van der Waals surface area (Å²) < 4.78 is 14.3. The van der Waals surface area contributed by atoms with Crippen LogP contribution in [0.25, 0.3) is 0 Å². The molecule has 110 valence electrons. The Bertz CT molecular complexity index is 487. The Balaban J connectivity index is 2.03. The number of rotatable bonds is 3. The van der Waals surface area contributed by atoms with E-state index in [4.69, 9.17) is 0 Å². The van der Waals surface area contributed by atoms with Crippen LogP contribution in [0.2, 0.25) is 0 Å². The monoisotopic (exact) mass is 342 g/mol. The van der Waals surface area contributed by atoms with Gasteiger partial charge >= 0.3 is 0 Å². The predicted octanol–water partition coefficient (Wildman–Crippen LogP) is 3.14. The molecule has 20 heavy (non-hydrogen) atoms. The second kappa shape index (κ2) is 6.68. The van der Waals surface area contributed by atoms with Crippen LogP contribution in [0, 0.1) is 5.82 Å². The van der Waals surface area contributed by atoms with E-state index in [1.807, 2.05) is 0 Å². The fraction of sp³-hybridized carbons (Fsp3) is 0.533. The third-order valence-electron chi connectivity index (χ3n) is 4.00. The van der Waals surface area contributed by atoms with Crippen molar-refractivity contribution >= 4 is 21.8 Å². The first kappa shape index (κ1) is 15.4. The molecule has 1 aliphatic rings. The van der Waals surface area contributed by atoms with Gasteiger partial charge in [-0.15, -0.1) is 0 Å². The molecule has 1 saturated heterocycles. The average Bonchev–Trinajstić information content (AvgIpc) is 2.48. The van der Waals surface area contributed by atoms with E-state index in [0.717, 1.165) is 19.5 Å². The lowest BCUT2D eigenvalue weighted by Gasteiger charge is -2.37. The van der Waals surface area contributed by atoms with Crippen molar-refractivity contribution in [2.45, 2.75) is 26.3 Å². The SMILES string of the molecule is CCC(C)N1CCN(C(=O)c2cccc(Br)c2F)CC1. The Morgan fingerprint density at radius 1 is 1.35 bits per heavy atom. The fourth-order valence-corrected chi connectivity index (χ4v) is 2.83. The van der Waals surface area contributed by atoms with E-state index >= 15 is 0 Å². The molecule has 3 nitrogen and oxygen atoms in total. The van der Waals surface area contributed by atoms with Crippen LogP contribution in [0.3, 0.4) is 0 Å². The van der Waals surface area contributed by atoms with Gasteiger partial charge in [0, 0.05) is 32.2 Å². The van der Waals surface area contributed by atoms with Crippen LogP contribution in [0.15, 0.2) is 22.7 Å². The molecule has 1 aliphatic heterocycles. The number of piperazine rings is 1. The minimum Gasteiger partial charge on any atom is -0.336 e. The van der Waals surface area contributed by atoms with E-state index in [9.17, 15) is 9.18 Å². The van der Waals surface area contributed by atoms with Gasteiger partial charge in [-0.25, -0.2) is 4.39 Å². The van der Waals surface area contributed by atoms with Crippen molar-refractivity contribution in [1.29, 1.82) is 0 Å². The number of hydrogen-bond acceptors (Lipinski definition) is 2. The van der Waals surface area contributed by atoms with E-state index < -0.39 is 5.82 Å². The molecule has 0 aliphatic carbocycles. The van der Waals surface area contributed by atoms with Crippen LogP contribution in [-0.4, -0.2) is 47.9 Å². The number of halogens is 2. The standard InChI is InChI=1S/C15H20BrFN2O/c1-3-11(2)18-7-9-19(10-8-18)15(20)12-5-4-6-13(16)14(12)17/h4-6,11H,3,7-10H2,1-2H3. The Kier molecular flexibility index (Phi) is 5.16. The zero-order chi connectivity index (χ0) is 14.7. The highest BCUT2D eigenvalue weighted by Gasteiger charge is 2.26. The van der Waals surface area contributed by atoms with E-state index in [0.29, 0.717) is 23.6 Å². The lowest BCUT2D eigenvalue weighted by molar-refractivity contribution is 0.0575. The normalized spacial score (nSPS) is 18.1. The quantitative estimate of drug-likeness (QED) is 0.842. The van der Waals surface area contributed by atoms with E-state index in [1.165, 1.54) is 0 Å². The Hall–Kier alpha value is -0.940. The summed E-state index contributed by atoms with van der Waals surface area (Å²) >= 11 is 3.12. The molecule has 1 atom stereocenters. The molecular formula is C15H20BrFN2O. The third-order valence-corrected chi connectivity index (χ3v) is 4.61. The largest absolute Gasteiger partial charge is 0.336 e. The number of amides is 1. The number of benzene rings is 1.